The summed E-state index contributed by atoms with van der Waals surface area (Å²) in [7, 11) is 1.91. The van der Waals surface area contributed by atoms with Crippen molar-refractivity contribution in [1.29, 1.82) is 0 Å². The van der Waals surface area contributed by atoms with Crippen molar-refractivity contribution in [2.24, 2.45) is 7.05 Å². The lowest BCUT2D eigenvalue weighted by Gasteiger charge is -2.19. The van der Waals surface area contributed by atoms with Crippen LogP contribution in [0.4, 0.5) is 0 Å². The van der Waals surface area contributed by atoms with Crippen molar-refractivity contribution in [2.75, 3.05) is 6.61 Å². The number of nitrogens with one attached hydrogen (secondary N) is 1. The van der Waals surface area contributed by atoms with Crippen molar-refractivity contribution in [3.63, 3.8) is 0 Å². The third-order valence-electron chi connectivity index (χ3n) is 3.95. The van der Waals surface area contributed by atoms with Crippen LogP contribution in [-0.4, -0.2) is 22.1 Å². The quantitative estimate of drug-likeness (QED) is 0.753. The molecule has 1 N–H and O–H groups in total. The van der Waals surface area contributed by atoms with Crippen LogP contribution in [0.5, 0.6) is 5.75 Å². The van der Waals surface area contributed by atoms with Crippen LogP contribution in [0.15, 0.2) is 67.0 Å². The van der Waals surface area contributed by atoms with Crippen LogP contribution in [0.2, 0.25) is 0 Å². The fourth-order valence-corrected chi connectivity index (χ4v) is 2.58. The number of hydrogen-bond acceptors (Lipinski definition) is 3. The number of aryl methyl sites for hydroxylation is 2. The molecule has 0 aliphatic rings. The fourth-order valence-electron chi connectivity index (χ4n) is 2.58. The summed E-state index contributed by atoms with van der Waals surface area (Å²) < 4.78 is 7.47. The predicted molar refractivity (Wildman–Crippen MR) is 96.3 cm³/mol. The van der Waals surface area contributed by atoms with Crippen molar-refractivity contribution in [3.8, 4) is 5.75 Å². The number of carbonyl (C=O) groups excluding carboxylic acids is 1. The lowest BCUT2D eigenvalue weighted by molar-refractivity contribution is -0.123. The molecule has 0 fully saturated rings. The first-order valence-electron chi connectivity index (χ1n) is 8.14. The summed E-state index contributed by atoms with van der Waals surface area (Å²) in [5, 5.41) is 3.01. The normalized spacial score (nSPS) is 11.8. The summed E-state index contributed by atoms with van der Waals surface area (Å²) in [5.74, 6) is 1.25. The number of rotatable bonds is 6. The maximum Gasteiger partial charge on any atom is 0.258 e. The number of imidazole rings is 1. The number of benzene rings is 2. The van der Waals surface area contributed by atoms with Gasteiger partial charge in [0.15, 0.2) is 6.61 Å². The SMILES string of the molecule is Cc1ccc(OCC(=O)NC(c2ccccc2)c2nccn2C)cc1. The Morgan fingerprint density at radius 1 is 1.16 bits per heavy atom. The topological polar surface area (TPSA) is 56.1 Å². The van der Waals surface area contributed by atoms with Crippen molar-refractivity contribution >= 4 is 5.91 Å². The highest BCUT2D eigenvalue weighted by molar-refractivity contribution is 5.78. The second-order valence-electron chi connectivity index (χ2n) is 5.91. The lowest BCUT2D eigenvalue weighted by atomic mass is 10.1. The first-order chi connectivity index (χ1) is 12.1. The van der Waals surface area contributed by atoms with E-state index in [4.69, 9.17) is 4.74 Å². The molecule has 0 saturated heterocycles. The highest BCUT2D eigenvalue weighted by Gasteiger charge is 2.20. The van der Waals surface area contributed by atoms with Gasteiger partial charge >= 0.3 is 0 Å². The van der Waals surface area contributed by atoms with Gasteiger partial charge in [-0.25, -0.2) is 4.98 Å². The van der Waals surface area contributed by atoms with Crippen LogP contribution >= 0.6 is 0 Å². The Bertz CT molecular complexity index is 826. The molecule has 3 rings (SSSR count). The van der Waals surface area contributed by atoms with Gasteiger partial charge in [0.25, 0.3) is 5.91 Å². The molecule has 25 heavy (non-hydrogen) atoms. The van der Waals surface area contributed by atoms with Gasteiger partial charge in [0.05, 0.1) is 0 Å². The summed E-state index contributed by atoms with van der Waals surface area (Å²) in [4.78, 5) is 16.8. The van der Waals surface area contributed by atoms with E-state index < -0.39 is 0 Å². The first kappa shape index (κ1) is 16.8. The molecule has 0 aliphatic heterocycles. The Labute approximate surface area is 147 Å². The molecule has 5 heteroatoms. The first-order valence-corrected chi connectivity index (χ1v) is 8.14. The van der Waals surface area contributed by atoms with Crippen LogP contribution in [0.3, 0.4) is 0 Å². The van der Waals surface area contributed by atoms with E-state index in [2.05, 4.69) is 10.3 Å². The van der Waals surface area contributed by atoms with E-state index in [-0.39, 0.29) is 18.6 Å². The van der Waals surface area contributed by atoms with Crippen LogP contribution in [0.25, 0.3) is 0 Å². The third kappa shape index (κ3) is 4.26. The van der Waals surface area contributed by atoms with Gasteiger partial charge in [-0.1, -0.05) is 48.0 Å². The van der Waals surface area contributed by atoms with E-state index in [1.165, 1.54) is 0 Å². The Hall–Kier alpha value is -3.08. The summed E-state index contributed by atoms with van der Waals surface area (Å²) in [6.07, 6.45) is 3.58. The molecule has 1 aromatic heterocycles. The minimum absolute atomic E-state index is 0.0448. The van der Waals surface area contributed by atoms with E-state index in [1.54, 1.807) is 6.20 Å². The van der Waals surface area contributed by atoms with Crippen molar-refractivity contribution < 1.29 is 9.53 Å². The lowest BCUT2D eigenvalue weighted by Crippen LogP contribution is -2.34. The van der Waals surface area contributed by atoms with Crippen LogP contribution in [0.1, 0.15) is 23.0 Å². The fraction of sp³-hybridized carbons (Fsp3) is 0.200. The maximum absolute atomic E-state index is 12.4. The second-order valence-corrected chi connectivity index (χ2v) is 5.91. The monoisotopic (exact) mass is 335 g/mol. The van der Waals surface area contributed by atoms with Crippen LogP contribution in [0, 0.1) is 6.92 Å². The minimum atomic E-state index is -0.324. The van der Waals surface area contributed by atoms with E-state index in [1.807, 2.05) is 79.3 Å². The van der Waals surface area contributed by atoms with Crippen LogP contribution in [-0.2, 0) is 11.8 Å². The number of hydrogen-bond donors (Lipinski definition) is 1. The van der Waals surface area contributed by atoms with E-state index in [9.17, 15) is 4.79 Å². The van der Waals surface area contributed by atoms with E-state index in [0.717, 1.165) is 17.0 Å². The van der Waals surface area contributed by atoms with E-state index in [0.29, 0.717) is 5.75 Å². The molecule has 3 aromatic rings. The minimum Gasteiger partial charge on any atom is -0.484 e. The van der Waals surface area contributed by atoms with Crippen molar-refractivity contribution in [2.45, 2.75) is 13.0 Å². The number of carbonyl (C=O) groups is 1. The average Bonchev–Trinajstić information content (AvgIpc) is 3.06. The molecular weight excluding hydrogens is 314 g/mol. The molecule has 0 spiro atoms. The number of amides is 1. The standard InChI is InChI=1S/C20H21N3O2/c1-15-8-10-17(11-9-15)25-14-18(24)22-19(16-6-4-3-5-7-16)20-21-12-13-23(20)2/h3-13,19H,14H2,1-2H3,(H,22,24). The Morgan fingerprint density at radius 2 is 1.88 bits per heavy atom. The highest BCUT2D eigenvalue weighted by atomic mass is 16.5. The van der Waals surface area contributed by atoms with Gasteiger partial charge in [-0.15, -0.1) is 0 Å². The molecule has 2 aromatic carbocycles. The summed E-state index contributed by atoms with van der Waals surface area (Å²) in [6.45, 7) is 1.96. The van der Waals surface area contributed by atoms with Gasteiger partial charge in [-0.3, -0.25) is 4.79 Å². The third-order valence-corrected chi connectivity index (χ3v) is 3.95. The van der Waals surface area contributed by atoms with Crippen molar-refractivity contribution in [1.82, 2.24) is 14.9 Å². The largest absolute Gasteiger partial charge is 0.484 e. The molecule has 5 nitrogen and oxygen atoms in total. The molecule has 0 radical (unpaired) electrons. The summed E-state index contributed by atoms with van der Waals surface area (Å²) in [6, 6.07) is 17.1. The van der Waals surface area contributed by atoms with E-state index >= 15 is 0 Å². The van der Waals surface area contributed by atoms with Gasteiger partial charge in [-0.2, -0.15) is 0 Å². The zero-order valence-electron chi connectivity index (χ0n) is 14.3. The predicted octanol–water partition coefficient (Wildman–Crippen LogP) is 3.01. The van der Waals surface area contributed by atoms with Gasteiger partial charge in [-0.05, 0) is 24.6 Å². The molecule has 0 aliphatic carbocycles. The smallest absolute Gasteiger partial charge is 0.258 e. The summed E-state index contributed by atoms with van der Waals surface area (Å²) >= 11 is 0. The second kappa shape index (κ2) is 7.66. The van der Waals surface area contributed by atoms with Crippen LogP contribution < -0.4 is 10.1 Å². The van der Waals surface area contributed by atoms with Gasteiger partial charge < -0.3 is 14.6 Å². The van der Waals surface area contributed by atoms with Gasteiger partial charge in [0.2, 0.25) is 0 Å². The Balaban J connectivity index is 1.71. The summed E-state index contributed by atoms with van der Waals surface area (Å²) in [5.41, 5.74) is 2.12. The molecule has 128 valence electrons. The Morgan fingerprint density at radius 3 is 2.52 bits per heavy atom. The molecule has 1 heterocycles. The van der Waals surface area contributed by atoms with Gasteiger partial charge in [0.1, 0.15) is 17.6 Å². The highest BCUT2D eigenvalue weighted by Crippen LogP contribution is 2.20. The molecule has 1 unspecified atom stereocenters. The zero-order chi connectivity index (χ0) is 17.6. The number of aromatic nitrogens is 2. The average molecular weight is 335 g/mol. The molecular formula is C20H21N3O2. The maximum atomic E-state index is 12.4. The molecule has 1 atom stereocenters. The zero-order valence-corrected chi connectivity index (χ0v) is 14.3. The number of ether oxygens (including phenoxy) is 1. The Kier molecular flexibility index (Phi) is 5.14. The van der Waals surface area contributed by atoms with Crippen molar-refractivity contribution in [3.05, 3.63) is 83.9 Å². The van der Waals surface area contributed by atoms with Gasteiger partial charge in [0, 0.05) is 19.4 Å². The number of nitrogens with zero attached hydrogens (tertiary/aromatic N) is 2. The molecule has 0 saturated carbocycles. The molecule has 1 amide bonds. The molecule has 0 bridgehead atoms.